The van der Waals surface area contributed by atoms with Gasteiger partial charge < -0.3 is 9.47 Å². The lowest BCUT2D eigenvalue weighted by Crippen LogP contribution is -2.10. The second-order valence-corrected chi connectivity index (χ2v) is 3.64. The van der Waals surface area contributed by atoms with Gasteiger partial charge in [-0.15, -0.1) is 0 Å². The first kappa shape index (κ1) is 12.6. The van der Waals surface area contributed by atoms with Crippen LogP contribution in [0.3, 0.4) is 0 Å². The molecule has 1 heterocycles. The van der Waals surface area contributed by atoms with Gasteiger partial charge in [0, 0.05) is 0 Å². The van der Waals surface area contributed by atoms with E-state index in [1.807, 2.05) is 30.3 Å². The maximum Gasteiger partial charge on any atom is 0.254 e. The molecule has 0 fully saturated rings. The summed E-state index contributed by atoms with van der Waals surface area (Å²) in [5.74, 6) is -0.104. The number of halogens is 2. The minimum absolute atomic E-state index is 0.0598. The van der Waals surface area contributed by atoms with E-state index in [9.17, 15) is 4.39 Å². The molecule has 0 saturated carbocycles. The number of nitrogens with zero attached hydrogens (tertiary/aromatic N) is 2. The minimum atomic E-state index is -0.654. The van der Waals surface area contributed by atoms with Crippen LogP contribution < -0.4 is 9.47 Å². The molecule has 4 nitrogen and oxygen atoms in total. The molecule has 0 aliphatic carbocycles. The number of para-hydroxylation sites is 1. The second-order valence-electron chi connectivity index (χ2n) is 3.30. The van der Waals surface area contributed by atoms with Crippen molar-refractivity contribution in [2.45, 2.75) is 0 Å². The Morgan fingerprint density at radius 2 is 1.83 bits per heavy atom. The third-order valence-corrected chi connectivity index (χ3v) is 2.20. The molecule has 0 N–H and O–H groups in total. The summed E-state index contributed by atoms with van der Waals surface area (Å²) in [6.07, 6.45) is 0.961. The Hall–Kier alpha value is -1.88. The highest BCUT2D eigenvalue weighted by atomic mass is 35.5. The van der Waals surface area contributed by atoms with Crippen molar-refractivity contribution in [2.24, 2.45) is 0 Å². The lowest BCUT2D eigenvalue weighted by atomic mass is 10.3. The molecular formula is C12H10ClFN2O2. The van der Waals surface area contributed by atoms with E-state index in [2.05, 4.69) is 9.97 Å². The largest absolute Gasteiger partial charge is 0.490 e. The van der Waals surface area contributed by atoms with Crippen LogP contribution in [0.2, 0.25) is 5.28 Å². The van der Waals surface area contributed by atoms with Gasteiger partial charge >= 0.3 is 0 Å². The van der Waals surface area contributed by atoms with Gasteiger partial charge in [-0.25, -0.2) is 4.98 Å². The van der Waals surface area contributed by atoms with E-state index in [0.29, 0.717) is 0 Å². The summed E-state index contributed by atoms with van der Waals surface area (Å²) in [6.45, 7) is 0.449. The lowest BCUT2D eigenvalue weighted by molar-refractivity contribution is 0.205. The van der Waals surface area contributed by atoms with Gasteiger partial charge in [-0.2, -0.15) is 9.37 Å². The maximum atomic E-state index is 13.2. The monoisotopic (exact) mass is 268 g/mol. The molecule has 0 radical (unpaired) electrons. The van der Waals surface area contributed by atoms with Gasteiger partial charge in [0.2, 0.25) is 11.1 Å². The fourth-order valence-corrected chi connectivity index (χ4v) is 1.37. The number of hydrogen-bond acceptors (Lipinski definition) is 4. The van der Waals surface area contributed by atoms with Crippen molar-refractivity contribution < 1.29 is 13.9 Å². The van der Waals surface area contributed by atoms with Crippen LogP contribution in [-0.2, 0) is 0 Å². The van der Waals surface area contributed by atoms with Crippen molar-refractivity contribution >= 4 is 11.6 Å². The van der Waals surface area contributed by atoms with E-state index in [0.717, 1.165) is 11.9 Å². The summed E-state index contributed by atoms with van der Waals surface area (Å²) in [6, 6.07) is 9.26. The van der Waals surface area contributed by atoms with E-state index in [1.54, 1.807) is 0 Å². The van der Waals surface area contributed by atoms with Crippen molar-refractivity contribution in [3.8, 4) is 11.6 Å². The first-order valence-electron chi connectivity index (χ1n) is 5.24. The van der Waals surface area contributed by atoms with Crippen LogP contribution in [0.4, 0.5) is 4.39 Å². The molecule has 2 rings (SSSR count). The SMILES string of the molecule is Fc1cnc(Cl)nc1OCCOc1ccccc1. The summed E-state index contributed by atoms with van der Waals surface area (Å²) in [5, 5.41) is -0.0598. The topological polar surface area (TPSA) is 44.2 Å². The van der Waals surface area contributed by atoms with Crippen LogP contribution in [-0.4, -0.2) is 23.2 Å². The van der Waals surface area contributed by atoms with Gasteiger partial charge in [-0.05, 0) is 23.7 Å². The van der Waals surface area contributed by atoms with Gasteiger partial charge in [0.05, 0.1) is 6.20 Å². The Kier molecular flexibility index (Phi) is 4.30. The Bertz CT molecular complexity index is 511. The van der Waals surface area contributed by atoms with Crippen LogP contribution in [0.25, 0.3) is 0 Å². The number of ether oxygens (including phenoxy) is 2. The molecule has 2 aromatic rings. The molecule has 0 atom stereocenters. The molecule has 6 heteroatoms. The molecule has 18 heavy (non-hydrogen) atoms. The van der Waals surface area contributed by atoms with Gasteiger partial charge in [-0.3, -0.25) is 0 Å². The predicted molar refractivity (Wildman–Crippen MR) is 64.4 cm³/mol. The van der Waals surface area contributed by atoms with Crippen molar-refractivity contribution in [3.05, 3.63) is 47.6 Å². The van der Waals surface area contributed by atoms with Crippen LogP contribution in [0.1, 0.15) is 0 Å². The fraction of sp³-hybridized carbons (Fsp3) is 0.167. The van der Waals surface area contributed by atoms with Crippen molar-refractivity contribution in [2.75, 3.05) is 13.2 Å². The molecule has 0 amide bonds. The normalized spacial score (nSPS) is 10.1. The summed E-state index contributed by atoms with van der Waals surface area (Å²) in [4.78, 5) is 7.10. The van der Waals surface area contributed by atoms with Gasteiger partial charge in [0.15, 0.2) is 0 Å². The number of rotatable bonds is 5. The number of hydrogen-bond donors (Lipinski definition) is 0. The standard InChI is InChI=1S/C12H10ClFN2O2/c13-12-15-8-10(14)11(16-12)18-7-6-17-9-4-2-1-3-5-9/h1-5,8H,6-7H2. The Labute approximate surface area is 108 Å². The van der Waals surface area contributed by atoms with Gasteiger partial charge in [0.1, 0.15) is 19.0 Å². The van der Waals surface area contributed by atoms with Crippen molar-refractivity contribution in [3.63, 3.8) is 0 Å². The van der Waals surface area contributed by atoms with Gasteiger partial charge in [-0.1, -0.05) is 18.2 Å². The average molecular weight is 269 g/mol. The highest BCUT2D eigenvalue weighted by Gasteiger charge is 2.06. The fourth-order valence-electron chi connectivity index (χ4n) is 1.25. The Morgan fingerprint density at radius 3 is 2.61 bits per heavy atom. The number of aromatic nitrogens is 2. The average Bonchev–Trinajstić information content (AvgIpc) is 2.40. The Morgan fingerprint density at radius 1 is 1.11 bits per heavy atom. The Balaban J connectivity index is 1.80. The molecule has 1 aromatic heterocycles. The van der Waals surface area contributed by atoms with Crippen molar-refractivity contribution in [1.82, 2.24) is 9.97 Å². The summed E-state index contributed by atoms with van der Waals surface area (Å²) in [7, 11) is 0. The zero-order valence-corrected chi connectivity index (χ0v) is 10.1. The molecule has 1 aromatic carbocycles. The highest BCUT2D eigenvalue weighted by molar-refractivity contribution is 6.28. The summed E-state index contributed by atoms with van der Waals surface area (Å²) >= 11 is 5.53. The zero-order valence-electron chi connectivity index (χ0n) is 9.35. The molecule has 0 aliphatic heterocycles. The van der Waals surface area contributed by atoms with E-state index < -0.39 is 5.82 Å². The first-order chi connectivity index (χ1) is 8.75. The molecule has 94 valence electrons. The summed E-state index contributed by atoms with van der Waals surface area (Å²) < 4.78 is 23.6. The van der Waals surface area contributed by atoms with Crippen LogP contribution in [0, 0.1) is 5.82 Å². The number of benzene rings is 1. The van der Waals surface area contributed by atoms with Gasteiger partial charge in [0.25, 0.3) is 5.88 Å². The predicted octanol–water partition coefficient (Wildman–Crippen LogP) is 2.73. The van der Waals surface area contributed by atoms with E-state index in [4.69, 9.17) is 21.1 Å². The molecule has 0 spiro atoms. The van der Waals surface area contributed by atoms with E-state index >= 15 is 0 Å². The third-order valence-electron chi connectivity index (χ3n) is 2.02. The van der Waals surface area contributed by atoms with Crippen LogP contribution in [0.15, 0.2) is 36.5 Å². The molecule has 0 saturated heterocycles. The molecular weight excluding hydrogens is 259 g/mol. The van der Waals surface area contributed by atoms with Crippen molar-refractivity contribution in [1.29, 1.82) is 0 Å². The van der Waals surface area contributed by atoms with Crippen LogP contribution in [0.5, 0.6) is 11.6 Å². The zero-order chi connectivity index (χ0) is 12.8. The van der Waals surface area contributed by atoms with Crippen LogP contribution >= 0.6 is 11.6 Å². The second kappa shape index (κ2) is 6.16. The molecule has 0 bridgehead atoms. The smallest absolute Gasteiger partial charge is 0.254 e. The van der Waals surface area contributed by atoms with E-state index in [-0.39, 0.29) is 24.4 Å². The van der Waals surface area contributed by atoms with E-state index in [1.165, 1.54) is 0 Å². The summed E-state index contributed by atoms with van der Waals surface area (Å²) in [5.41, 5.74) is 0. The molecule has 0 unspecified atom stereocenters. The lowest BCUT2D eigenvalue weighted by Gasteiger charge is -2.07. The quantitative estimate of drug-likeness (QED) is 0.618. The third kappa shape index (κ3) is 3.56. The highest BCUT2D eigenvalue weighted by Crippen LogP contribution is 2.14. The molecule has 0 aliphatic rings. The first-order valence-corrected chi connectivity index (χ1v) is 5.62. The maximum absolute atomic E-state index is 13.2. The minimum Gasteiger partial charge on any atom is -0.490 e.